The highest BCUT2D eigenvalue weighted by atomic mass is 16.4. The highest BCUT2D eigenvalue weighted by molar-refractivity contribution is 5.95. The van der Waals surface area contributed by atoms with E-state index < -0.39 is 5.97 Å². The zero-order chi connectivity index (χ0) is 24.2. The number of aromatic carboxylic acids is 1. The van der Waals surface area contributed by atoms with Gasteiger partial charge in [0.05, 0.1) is 11.3 Å². The minimum absolute atomic E-state index is 0.301. The van der Waals surface area contributed by atoms with Crippen molar-refractivity contribution in [3.63, 3.8) is 0 Å². The molecule has 0 spiro atoms. The van der Waals surface area contributed by atoms with Crippen molar-refractivity contribution in [2.75, 3.05) is 23.9 Å². The molecule has 0 saturated heterocycles. The van der Waals surface area contributed by atoms with Crippen LogP contribution in [-0.4, -0.2) is 25.2 Å². The maximum Gasteiger partial charge on any atom is 0.337 e. The van der Waals surface area contributed by atoms with Crippen molar-refractivity contribution < 1.29 is 9.90 Å². The van der Waals surface area contributed by atoms with Gasteiger partial charge in [-0.1, -0.05) is 24.3 Å². The largest absolute Gasteiger partial charge is 0.478 e. The number of carboxylic acids is 1. The molecule has 4 aliphatic carbocycles. The molecule has 4 saturated carbocycles. The molecule has 0 aliphatic heterocycles. The number of carbonyl (C=O) groups is 1. The first kappa shape index (κ1) is 22.2. The molecular weight excluding hydrogens is 432 g/mol. The number of hydrogen-bond donors (Lipinski definition) is 1. The molecule has 4 fully saturated rings. The van der Waals surface area contributed by atoms with Crippen LogP contribution in [0.1, 0.15) is 54.4 Å². The van der Waals surface area contributed by atoms with Gasteiger partial charge in [-0.05, 0) is 116 Å². The molecule has 3 aromatic rings. The van der Waals surface area contributed by atoms with Crippen LogP contribution in [0.3, 0.4) is 0 Å². The van der Waals surface area contributed by atoms with Crippen molar-refractivity contribution in [1.29, 1.82) is 0 Å². The van der Waals surface area contributed by atoms with Gasteiger partial charge in [0.15, 0.2) is 0 Å². The smallest absolute Gasteiger partial charge is 0.337 e. The molecular formula is C31H34N2O2. The maximum atomic E-state index is 11.6. The van der Waals surface area contributed by atoms with E-state index in [1.165, 1.54) is 44.2 Å². The van der Waals surface area contributed by atoms with Crippen molar-refractivity contribution in [2.24, 2.45) is 17.8 Å². The van der Waals surface area contributed by atoms with Crippen molar-refractivity contribution in [2.45, 2.75) is 43.9 Å². The van der Waals surface area contributed by atoms with Crippen LogP contribution in [-0.2, 0) is 5.41 Å². The highest BCUT2D eigenvalue weighted by Gasteiger charge is 2.51. The Hall–Kier alpha value is -3.27. The predicted molar refractivity (Wildman–Crippen MR) is 142 cm³/mol. The van der Waals surface area contributed by atoms with Crippen LogP contribution >= 0.6 is 0 Å². The molecule has 0 heterocycles. The van der Waals surface area contributed by atoms with Crippen LogP contribution in [0, 0.1) is 17.8 Å². The summed E-state index contributed by atoms with van der Waals surface area (Å²) in [5.74, 6) is 1.97. The first-order valence-corrected chi connectivity index (χ1v) is 12.9. The Morgan fingerprint density at radius 1 is 0.714 bits per heavy atom. The first-order valence-electron chi connectivity index (χ1n) is 12.9. The topological polar surface area (TPSA) is 43.8 Å². The van der Waals surface area contributed by atoms with E-state index in [9.17, 15) is 9.90 Å². The number of anilines is 4. The number of carboxylic acid groups (broad SMARTS) is 1. The third-order valence-electron chi connectivity index (χ3n) is 9.03. The van der Waals surface area contributed by atoms with Crippen LogP contribution in [0.15, 0.2) is 72.8 Å². The molecule has 7 rings (SSSR count). The number of rotatable bonds is 6. The molecule has 4 aliphatic rings. The fraction of sp³-hybridized carbons (Fsp3) is 0.387. The van der Waals surface area contributed by atoms with Crippen LogP contribution < -0.4 is 9.80 Å². The van der Waals surface area contributed by atoms with E-state index in [0.717, 1.165) is 29.1 Å². The Kier molecular flexibility index (Phi) is 5.36. The van der Waals surface area contributed by atoms with E-state index in [0.29, 0.717) is 16.7 Å². The third kappa shape index (κ3) is 3.89. The van der Waals surface area contributed by atoms with Crippen LogP contribution in [0.2, 0.25) is 0 Å². The fourth-order valence-electron chi connectivity index (χ4n) is 7.64. The molecule has 0 atom stereocenters. The van der Waals surface area contributed by atoms with Crippen LogP contribution in [0.5, 0.6) is 0 Å². The minimum Gasteiger partial charge on any atom is -0.478 e. The second-order valence-corrected chi connectivity index (χ2v) is 11.2. The second kappa shape index (κ2) is 8.44. The first-order chi connectivity index (χ1) is 16.9. The Morgan fingerprint density at radius 2 is 1.17 bits per heavy atom. The fourth-order valence-corrected chi connectivity index (χ4v) is 7.64. The van der Waals surface area contributed by atoms with E-state index in [-0.39, 0.29) is 0 Å². The molecule has 0 radical (unpaired) electrons. The van der Waals surface area contributed by atoms with Crippen LogP contribution in [0.25, 0.3) is 0 Å². The van der Waals surface area contributed by atoms with E-state index in [1.807, 2.05) is 36.2 Å². The van der Waals surface area contributed by atoms with Crippen molar-refractivity contribution in [3.8, 4) is 0 Å². The summed E-state index contributed by atoms with van der Waals surface area (Å²) in [4.78, 5) is 15.8. The lowest BCUT2D eigenvalue weighted by Crippen LogP contribution is -2.48. The lowest BCUT2D eigenvalue weighted by Gasteiger charge is -2.57. The summed E-state index contributed by atoms with van der Waals surface area (Å²) in [6.45, 7) is 0. The Balaban J connectivity index is 1.19. The second-order valence-electron chi connectivity index (χ2n) is 11.2. The molecule has 4 bridgehead atoms. The van der Waals surface area contributed by atoms with Gasteiger partial charge < -0.3 is 14.9 Å². The van der Waals surface area contributed by atoms with Gasteiger partial charge in [0.2, 0.25) is 0 Å². The lowest BCUT2D eigenvalue weighted by atomic mass is 9.48. The van der Waals surface area contributed by atoms with Crippen molar-refractivity contribution >= 4 is 28.7 Å². The zero-order valence-corrected chi connectivity index (χ0v) is 20.7. The predicted octanol–water partition coefficient (Wildman–Crippen LogP) is 7.39. The number of hydrogen-bond acceptors (Lipinski definition) is 3. The molecule has 4 nitrogen and oxygen atoms in total. The summed E-state index contributed by atoms with van der Waals surface area (Å²) < 4.78 is 0. The summed E-state index contributed by atoms with van der Waals surface area (Å²) >= 11 is 0. The molecule has 1 N–H and O–H groups in total. The normalized spacial score (nSPS) is 26.5. The van der Waals surface area contributed by atoms with Gasteiger partial charge in [0.25, 0.3) is 0 Å². The maximum absolute atomic E-state index is 11.6. The standard InChI is InChI=1S/C31H34N2O2/c1-32(26-11-13-27(14-12-26)33(2)29-6-4-3-5-28(29)30(34)35)25-9-7-24(8-10-25)31-18-21-15-22(19-31)17-23(16-21)20-31/h3-14,21-23H,15-20H2,1-2H3,(H,34,35). The Morgan fingerprint density at radius 3 is 1.69 bits per heavy atom. The van der Waals surface area contributed by atoms with E-state index in [2.05, 4.69) is 48.3 Å². The molecule has 4 heteroatoms. The molecule has 3 aromatic carbocycles. The van der Waals surface area contributed by atoms with Gasteiger partial charge in [0.1, 0.15) is 0 Å². The lowest BCUT2D eigenvalue weighted by molar-refractivity contribution is -0.00518. The van der Waals surface area contributed by atoms with E-state index in [1.54, 1.807) is 17.7 Å². The summed E-state index contributed by atoms with van der Waals surface area (Å²) in [5.41, 5.74) is 6.23. The number of para-hydroxylation sites is 1. The zero-order valence-electron chi connectivity index (χ0n) is 20.7. The quantitative estimate of drug-likeness (QED) is 0.411. The van der Waals surface area contributed by atoms with E-state index >= 15 is 0 Å². The summed E-state index contributed by atoms with van der Waals surface area (Å²) in [7, 11) is 4.02. The molecule has 0 aromatic heterocycles. The highest BCUT2D eigenvalue weighted by Crippen LogP contribution is 2.60. The Bertz CT molecular complexity index is 1200. The molecule has 180 valence electrons. The molecule has 35 heavy (non-hydrogen) atoms. The summed E-state index contributed by atoms with van der Waals surface area (Å²) in [5, 5.41) is 9.54. The van der Waals surface area contributed by atoms with Gasteiger partial charge in [-0.2, -0.15) is 0 Å². The van der Waals surface area contributed by atoms with E-state index in [4.69, 9.17) is 0 Å². The van der Waals surface area contributed by atoms with Gasteiger partial charge in [-0.3, -0.25) is 0 Å². The average molecular weight is 467 g/mol. The molecule has 0 unspecified atom stereocenters. The summed E-state index contributed by atoms with van der Waals surface area (Å²) in [6, 6.07) is 24.8. The van der Waals surface area contributed by atoms with Gasteiger partial charge >= 0.3 is 5.97 Å². The van der Waals surface area contributed by atoms with Crippen LogP contribution in [0.4, 0.5) is 22.7 Å². The SMILES string of the molecule is CN(c1ccc(N(C)c2ccccc2C(=O)O)cc1)c1ccc(C23CC4CC(CC(C4)C2)C3)cc1. The summed E-state index contributed by atoms with van der Waals surface area (Å²) in [6.07, 6.45) is 8.63. The third-order valence-corrected chi connectivity index (χ3v) is 9.03. The van der Waals surface area contributed by atoms with Crippen molar-refractivity contribution in [1.82, 2.24) is 0 Å². The van der Waals surface area contributed by atoms with Crippen molar-refractivity contribution in [3.05, 3.63) is 83.9 Å². The number of benzene rings is 3. The Labute approximate surface area is 208 Å². The van der Waals surface area contributed by atoms with Gasteiger partial charge in [-0.25, -0.2) is 4.79 Å². The van der Waals surface area contributed by atoms with Gasteiger partial charge in [-0.15, -0.1) is 0 Å². The van der Waals surface area contributed by atoms with Gasteiger partial charge in [0, 0.05) is 31.2 Å². The monoisotopic (exact) mass is 466 g/mol. The number of nitrogens with zero attached hydrogens (tertiary/aromatic N) is 2. The molecule has 0 amide bonds. The minimum atomic E-state index is -0.916. The average Bonchev–Trinajstić information content (AvgIpc) is 2.87.